The van der Waals surface area contributed by atoms with Gasteiger partial charge in [0.25, 0.3) is 0 Å². The Balaban J connectivity index is 2.49. The van der Waals surface area contributed by atoms with Crippen LogP contribution in [-0.2, 0) is 4.79 Å². The number of hydrogen-bond donors (Lipinski definition) is 2. The van der Waals surface area contributed by atoms with Gasteiger partial charge in [0, 0.05) is 17.0 Å². The van der Waals surface area contributed by atoms with Crippen LogP contribution in [0.15, 0.2) is 30.5 Å². The summed E-state index contributed by atoms with van der Waals surface area (Å²) in [6.45, 7) is 1.70. The molecule has 0 saturated carbocycles. The van der Waals surface area contributed by atoms with Crippen LogP contribution in [0, 0.1) is 0 Å². The normalized spacial score (nSPS) is 12.1. The van der Waals surface area contributed by atoms with Crippen molar-refractivity contribution in [2.24, 2.45) is 5.73 Å². The molecule has 1 aromatic carbocycles. The van der Waals surface area contributed by atoms with Crippen molar-refractivity contribution >= 4 is 22.5 Å². The number of nitrogens with one attached hydrogen (secondary N) is 1. The molecule has 2 aromatic rings. The maximum atomic E-state index is 11.1. The van der Waals surface area contributed by atoms with Gasteiger partial charge in [0.2, 0.25) is 5.91 Å². The lowest BCUT2D eigenvalue weighted by Gasteiger charge is -2.13. The zero-order valence-corrected chi connectivity index (χ0v) is 10.3. The summed E-state index contributed by atoms with van der Waals surface area (Å²) >= 11 is 0. The predicted octanol–water partition coefficient (Wildman–Crippen LogP) is 1.53. The van der Waals surface area contributed by atoms with Crippen molar-refractivity contribution in [2.45, 2.75) is 13.0 Å². The number of primary amides is 1. The number of amides is 1. The summed E-state index contributed by atoms with van der Waals surface area (Å²) in [6, 6.07) is 7.07. The van der Waals surface area contributed by atoms with Crippen LogP contribution in [0.5, 0.6) is 5.75 Å². The molecule has 5 heteroatoms. The molecule has 94 valence electrons. The molecular weight excluding hydrogens is 230 g/mol. The first-order chi connectivity index (χ1) is 8.63. The number of carbonyl (C=O) groups is 1. The van der Waals surface area contributed by atoms with Gasteiger partial charge in [0.15, 0.2) is 0 Å². The van der Waals surface area contributed by atoms with Gasteiger partial charge in [-0.25, -0.2) is 4.98 Å². The van der Waals surface area contributed by atoms with E-state index in [0.29, 0.717) is 5.82 Å². The van der Waals surface area contributed by atoms with E-state index in [1.54, 1.807) is 20.2 Å². The number of aromatic nitrogens is 1. The van der Waals surface area contributed by atoms with Crippen molar-refractivity contribution in [3.05, 3.63) is 30.5 Å². The van der Waals surface area contributed by atoms with Crippen LogP contribution in [0.4, 0.5) is 5.82 Å². The van der Waals surface area contributed by atoms with Gasteiger partial charge < -0.3 is 15.8 Å². The van der Waals surface area contributed by atoms with E-state index < -0.39 is 11.9 Å². The van der Waals surface area contributed by atoms with Crippen LogP contribution in [0.2, 0.25) is 0 Å². The largest absolute Gasteiger partial charge is 0.496 e. The van der Waals surface area contributed by atoms with Gasteiger partial charge in [0.05, 0.1) is 7.11 Å². The number of fused-ring (bicyclic) bond motifs is 1. The van der Waals surface area contributed by atoms with Gasteiger partial charge in [-0.15, -0.1) is 0 Å². The molecule has 1 unspecified atom stereocenters. The second-order valence-electron chi connectivity index (χ2n) is 3.98. The molecule has 2 rings (SSSR count). The van der Waals surface area contributed by atoms with Crippen LogP contribution in [-0.4, -0.2) is 24.0 Å². The first kappa shape index (κ1) is 12.2. The highest BCUT2D eigenvalue weighted by Gasteiger charge is 2.12. The minimum atomic E-state index is -0.477. The van der Waals surface area contributed by atoms with Crippen molar-refractivity contribution in [3.63, 3.8) is 0 Å². The summed E-state index contributed by atoms with van der Waals surface area (Å²) < 4.78 is 5.29. The molecule has 1 aromatic heterocycles. The molecule has 0 radical (unpaired) electrons. The summed E-state index contributed by atoms with van der Waals surface area (Å²) in [5, 5.41) is 4.83. The summed E-state index contributed by atoms with van der Waals surface area (Å²) in [6.07, 6.45) is 1.67. The maximum Gasteiger partial charge on any atom is 0.239 e. The van der Waals surface area contributed by atoms with Crippen molar-refractivity contribution in [1.82, 2.24) is 4.98 Å². The highest BCUT2D eigenvalue weighted by Crippen LogP contribution is 2.29. The fraction of sp³-hybridized carbons (Fsp3) is 0.231. The van der Waals surface area contributed by atoms with Crippen LogP contribution in [0.25, 0.3) is 10.8 Å². The highest BCUT2D eigenvalue weighted by molar-refractivity contribution is 5.97. The van der Waals surface area contributed by atoms with Crippen molar-refractivity contribution in [1.29, 1.82) is 0 Å². The molecule has 0 aliphatic heterocycles. The number of nitrogens with zero attached hydrogens (tertiary/aromatic N) is 1. The van der Waals surface area contributed by atoms with Gasteiger partial charge in [-0.3, -0.25) is 4.79 Å². The molecular formula is C13H15N3O2. The Kier molecular flexibility index (Phi) is 3.32. The number of rotatable bonds is 4. The lowest BCUT2D eigenvalue weighted by atomic mass is 10.1. The van der Waals surface area contributed by atoms with Crippen molar-refractivity contribution in [2.75, 3.05) is 12.4 Å². The highest BCUT2D eigenvalue weighted by atomic mass is 16.5. The molecule has 1 amide bonds. The fourth-order valence-electron chi connectivity index (χ4n) is 1.75. The monoisotopic (exact) mass is 245 g/mol. The topological polar surface area (TPSA) is 77.2 Å². The number of methoxy groups -OCH3 is 1. The standard InChI is InChI=1S/C13H15N3O2/c1-8(12(14)17)16-13-10-4-3-5-11(18-2)9(10)6-7-15-13/h3-8H,1-2H3,(H2,14,17)(H,15,16). The smallest absolute Gasteiger partial charge is 0.239 e. The number of hydrogen-bond acceptors (Lipinski definition) is 4. The van der Waals surface area contributed by atoms with E-state index >= 15 is 0 Å². The number of nitrogens with two attached hydrogens (primary N) is 1. The first-order valence-corrected chi connectivity index (χ1v) is 5.61. The Morgan fingerprint density at radius 1 is 1.39 bits per heavy atom. The van der Waals surface area contributed by atoms with E-state index in [9.17, 15) is 4.79 Å². The zero-order chi connectivity index (χ0) is 13.1. The lowest BCUT2D eigenvalue weighted by molar-refractivity contribution is -0.118. The Labute approximate surface area is 105 Å². The average Bonchev–Trinajstić information content (AvgIpc) is 2.38. The Morgan fingerprint density at radius 3 is 2.83 bits per heavy atom. The predicted molar refractivity (Wildman–Crippen MR) is 70.6 cm³/mol. The Morgan fingerprint density at radius 2 is 2.17 bits per heavy atom. The summed E-state index contributed by atoms with van der Waals surface area (Å²) in [5.74, 6) is 0.971. The van der Waals surface area contributed by atoms with Crippen molar-refractivity contribution in [3.8, 4) is 5.75 Å². The second-order valence-corrected chi connectivity index (χ2v) is 3.98. The van der Waals surface area contributed by atoms with E-state index in [-0.39, 0.29) is 0 Å². The molecule has 0 spiro atoms. The summed E-state index contributed by atoms with van der Waals surface area (Å²) in [4.78, 5) is 15.3. The third kappa shape index (κ3) is 2.20. The molecule has 0 bridgehead atoms. The van der Waals surface area contributed by atoms with E-state index in [0.717, 1.165) is 16.5 Å². The molecule has 0 saturated heterocycles. The zero-order valence-electron chi connectivity index (χ0n) is 10.3. The minimum Gasteiger partial charge on any atom is -0.496 e. The van der Waals surface area contributed by atoms with Crippen LogP contribution in [0.1, 0.15) is 6.92 Å². The van der Waals surface area contributed by atoms with E-state index in [2.05, 4.69) is 10.3 Å². The quantitative estimate of drug-likeness (QED) is 0.856. The van der Waals surface area contributed by atoms with Crippen LogP contribution < -0.4 is 15.8 Å². The minimum absolute atomic E-state index is 0.420. The van der Waals surface area contributed by atoms with E-state index in [1.807, 2.05) is 24.3 Å². The van der Waals surface area contributed by atoms with Crippen LogP contribution >= 0.6 is 0 Å². The number of pyridine rings is 1. The SMILES string of the molecule is COc1cccc2c(NC(C)C(N)=O)nccc12. The first-order valence-electron chi connectivity index (χ1n) is 5.61. The van der Waals surface area contributed by atoms with Gasteiger partial charge in [-0.05, 0) is 19.1 Å². The van der Waals surface area contributed by atoms with E-state index in [4.69, 9.17) is 10.5 Å². The Bertz CT molecular complexity index is 583. The summed E-state index contributed by atoms with van der Waals surface area (Å²) in [7, 11) is 1.62. The van der Waals surface area contributed by atoms with Gasteiger partial charge >= 0.3 is 0 Å². The molecule has 1 heterocycles. The number of carbonyl (C=O) groups excluding carboxylic acids is 1. The number of benzene rings is 1. The lowest BCUT2D eigenvalue weighted by Crippen LogP contribution is -2.32. The molecule has 0 aliphatic carbocycles. The maximum absolute atomic E-state index is 11.1. The molecule has 1 atom stereocenters. The van der Waals surface area contributed by atoms with Gasteiger partial charge in [-0.2, -0.15) is 0 Å². The molecule has 0 aliphatic rings. The average molecular weight is 245 g/mol. The Hall–Kier alpha value is -2.30. The second kappa shape index (κ2) is 4.91. The molecule has 5 nitrogen and oxygen atoms in total. The fourth-order valence-corrected chi connectivity index (χ4v) is 1.75. The molecule has 3 N–H and O–H groups in total. The third-order valence-corrected chi connectivity index (χ3v) is 2.77. The van der Waals surface area contributed by atoms with Gasteiger partial charge in [0.1, 0.15) is 17.6 Å². The van der Waals surface area contributed by atoms with Crippen LogP contribution in [0.3, 0.4) is 0 Å². The summed E-state index contributed by atoms with van der Waals surface area (Å²) in [5.41, 5.74) is 5.23. The number of anilines is 1. The molecule has 18 heavy (non-hydrogen) atoms. The molecule has 0 fully saturated rings. The van der Waals surface area contributed by atoms with Gasteiger partial charge in [-0.1, -0.05) is 12.1 Å². The number of ether oxygens (including phenoxy) is 1. The third-order valence-electron chi connectivity index (χ3n) is 2.77. The van der Waals surface area contributed by atoms with E-state index in [1.165, 1.54) is 0 Å². The van der Waals surface area contributed by atoms with Crippen molar-refractivity contribution < 1.29 is 9.53 Å².